The average molecular weight is 481 g/mol. The van der Waals surface area contributed by atoms with Crippen molar-refractivity contribution in [3.63, 3.8) is 0 Å². The lowest BCUT2D eigenvalue weighted by Gasteiger charge is -2.31. The molecule has 0 bridgehead atoms. The number of methoxy groups -OCH3 is 1. The summed E-state index contributed by atoms with van der Waals surface area (Å²) in [4.78, 5) is 30.3. The second kappa shape index (κ2) is 9.10. The van der Waals surface area contributed by atoms with Gasteiger partial charge in [-0.1, -0.05) is 29.2 Å². The monoisotopic (exact) mass is 480 g/mol. The molecule has 9 heteroatoms. The number of aromatic nitrogens is 3. The first-order valence-corrected chi connectivity index (χ1v) is 11.7. The Morgan fingerprint density at radius 3 is 2.97 bits per heavy atom. The standard InChI is InChI=1S/C25H25ClN4O4/c1-14-21-23(29-34-14)22-19(26)7-4-8-20(22)30(25(21)32)17-6-3-5-15(9-17)11-28-24(31)16-10-18(33-2)13-27-12-16/h4,7-8,10,12-13,15,17H,3,5-6,9,11H2,1-2H3,(H,28,31)/t15-,17+/m0/s1. The molecule has 1 N–H and O–H groups in total. The third-order valence-electron chi connectivity index (χ3n) is 6.67. The third-order valence-corrected chi connectivity index (χ3v) is 6.98. The van der Waals surface area contributed by atoms with Gasteiger partial charge in [0.1, 0.15) is 22.4 Å². The summed E-state index contributed by atoms with van der Waals surface area (Å²) in [5.41, 5.74) is 1.61. The smallest absolute Gasteiger partial charge is 0.264 e. The molecule has 0 spiro atoms. The fraction of sp³-hybridized carbons (Fsp3) is 0.360. The average Bonchev–Trinajstić information content (AvgIpc) is 3.24. The number of hydrogen-bond acceptors (Lipinski definition) is 6. The molecule has 176 valence electrons. The minimum absolute atomic E-state index is 0.0127. The lowest BCUT2D eigenvalue weighted by atomic mass is 9.85. The van der Waals surface area contributed by atoms with Gasteiger partial charge in [0.15, 0.2) is 0 Å². The second-order valence-electron chi connectivity index (χ2n) is 8.78. The highest BCUT2D eigenvalue weighted by Crippen LogP contribution is 2.36. The molecule has 1 aliphatic rings. The maximum absolute atomic E-state index is 13.6. The maximum atomic E-state index is 13.6. The molecule has 1 saturated carbocycles. The molecule has 34 heavy (non-hydrogen) atoms. The molecule has 1 aliphatic carbocycles. The Kier molecular flexibility index (Phi) is 6.00. The van der Waals surface area contributed by atoms with Gasteiger partial charge in [-0.2, -0.15) is 0 Å². The molecule has 1 amide bonds. The van der Waals surface area contributed by atoms with Gasteiger partial charge < -0.3 is 19.1 Å². The van der Waals surface area contributed by atoms with Crippen molar-refractivity contribution in [1.82, 2.24) is 20.0 Å². The first kappa shape index (κ1) is 22.4. The zero-order valence-electron chi connectivity index (χ0n) is 19.0. The predicted octanol–water partition coefficient (Wildman–Crippen LogP) is 4.67. The highest BCUT2D eigenvalue weighted by molar-refractivity contribution is 6.37. The maximum Gasteiger partial charge on any atom is 0.264 e. The van der Waals surface area contributed by atoms with Crippen molar-refractivity contribution < 1.29 is 14.1 Å². The van der Waals surface area contributed by atoms with Gasteiger partial charge in [0, 0.05) is 24.2 Å². The van der Waals surface area contributed by atoms with E-state index in [1.54, 1.807) is 25.3 Å². The van der Waals surface area contributed by atoms with Crippen molar-refractivity contribution in [1.29, 1.82) is 0 Å². The Hall–Kier alpha value is -3.39. The molecule has 0 unspecified atom stereocenters. The Balaban J connectivity index is 1.42. The Bertz CT molecular complexity index is 1440. The molecule has 0 saturated heterocycles. The van der Waals surface area contributed by atoms with Crippen molar-refractivity contribution >= 4 is 39.3 Å². The van der Waals surface area contributed by atoms with Crippen LogP contribution in [0.25, 0.3) is 21.8 Å². The summed E-state index contributed by atoms with van der Waals surface area (Å²) in [6.45, 7) is 2.27. The summed E-state index contributed by atoms with van der Waals surface area (Å²) in [6.07, 6.45) is 6.67. The van der Waals surface area contributed by atoms with Crippen LogP contribution >= 0.6 is 11.6 Å². The normalized spacial score (nSPS) is 18.3. The summed E-state index contributed by atoms with van der Waals surface area (Å²) in [5, 5.41) is 8.89. The van der Waals surface area contributed by atoms with Crippen LogP contribution in [0.4, 0.5) is 0 Å². The topological polar surface area (TPSA) is 99.2 Å². The van der Waals surface area contributed by atoms with Crippen LogP contribution in [-0.2, 0) is 0 Å². The number of fused-ring (bicyclic) bond motifs is 3. The fourth-order valence-electron chi connectivity index (χ4n) is 5.01. The molecule has 1 aromatic carbocycles. The van der Waals surface area contributed by atoms with Crippen LogP contribution in [0.15, 0.2) is 46.0 Å². The quantitative estimate of drug-likeness (QED) is 0.445. The van der Waals surface area contributed by atoms with E-state index in [9.17, 15) is 9.59 Å². The van der Waals surface area contributed by atoms with Gasteiger partial charge in [-0.15, -0.1) is 0 Å². The van der Waals surface area contributed by atoms with Crippen molar-refractivity contribution in [3.05, 3.63) is 63.4 Å². The summed E-state index contributed by atoms with van der Waals surface area (Å²) in [5.74, 6) is 1.07. The zero-order chi connectivity index (χ0) is 23.8. The minimum atomic E-state index is -0.190. The SMILES string of the molecule is COc1cncc(C(=O)NC[C@H]2CCC[C@@H](n3c(=O)c4c(C)onc4c4c(Cl)cccc43)C2)c1. The fourth-order valence-corrected chi connectivity index (χ4v) is 5.27. The van der Waals surface area contributed by atoms with Gasteiger partial charge in [0.25, 0.3) is 11.5 Å². The Labute approximate surface area is 200 Å². The van der Waals surface area contributed by atoms with Gasteiger partial charge >= 0.3 is 0 Å². The predicted molar refractivity (Wildman–Crippen MR) is 130 cm³/mol. The van der Waals surface area contributed by atoms with Gasteiger partial charge in [0.2, 0.25) is 0 Å². The number of hydrogen-bond donors (Lipinski definition) is 1. The van der Waals surface area contributed by atoms with E-state index in [2.05, 4.69) is 15.5 Å². The van der Waals surface area contributed by atoms with Crippen LogP contribution in [-0.4, -0.2) is 34.3 Å². The third kappa shape index (κ3) is 3.92. The first-order chi connectivity index (χ1) is 16.5. The molecule has 0 radical (unpaired) electrons. The van der Waals surface area contributed by atoms with Crippen LogP contribution in [0.1, 0.15) is 47.8 Å². The molecule has 8 nitrogen and oxygen atoms in total. The van der Waals surface area contributed by atoms with E-state index in [0.29, 0.717) is 39.5 Å². The molecule has 1 fully saturated rings. The van der Waals surface area contributed by atoms with Crippen molar-refractivity contribution in [2.75, 3.05) is 13.7 Å². The van der Waals surface area contributed by atoms with Crippen molar-refractivity contribution in [3.8, 4) is 5.75 Å². The number of carbonyl (C=O) groups is 1. The molecular formula is C25H25ClN4O4. The Morgan fingerprint density at radius 1 is 1.29 bits per heavy atom. The molecular weight excluding hydrogens is 456 g/mol. The summed E-state index contributed by atoms with van der Waals surface area (Å²) in [7, 11) is 1.54. The van der Waals surface area contributed by atoms with E-state index >= 15 is 0 Å². The number of nitrogens with zero attached hydrogens (tertiary/aromatic N) is 3. The molecule has 3 heterocycles. The van der Waals surface area contributed by atoms with Crippen LogP contribution in [0.5, 0.6) is 5.75 Å². The number of amides is 1. The van der Waals surface area contributed by atoms with Gasteiger partial charge in [0.05, 0.1) is 29.4 Å². The highest BCUT2D eigenvalue weighted by Gasteiger charge is 2.28. The molecule has 3 aromatic heterocycles. The lowest BCUT2D eigenvalue weighted by molar-refractivity contribution is 0.0939. The van der Waals surface area contributed by atoms with Crippen LogP contribution in [0.2, 0.25) is 5.02 Å². The number of halogens is 1. The molecule has 4 aromatic rings. The van der Waals surface area contributed by atoms with Crippen LogP contribution in [0.3, 0.4) is 0 Å². The van der Waals surface area contributed by atoms with E-state index in [4.69, 9.17) is 20.9 Å². The zero-order valence-corrected chi connectivity index (χ0v) is 19.8. The second-order valence-corrected chi connectivity index (χ2v) is 9.19. The van der Waals surface area contributed by atoms with E-state index in [1.165, 1.54) is 13.3 Å². The van der Waals surface area contributed by atoms with Gasteiger partial charge in [-0.05, 0) is 50.3 Å². The lowest BCUT2D eigenvalue weighted by Crippen LogP contribution is -2.34. The summed E-state index contributed by atoms with van der Waals surface area (Å²) in [6, 6.07) is 7.21. The van der Waals surface area contributed by atoms with Gasteiger partial charge in [-0.3, -0.25) is 14.6 Å². The van der Waals surface area contributed by atoms with E-state index in [0.717, 1.165) is 36.6 Å². The number of ether oxygens (including phenoxy) is 1. The molecule has 0 aliphatic heterocycles. The van der Waals surface area contributed by atoms with Crippen LogP contribution in [0, 0.1) is 12.8 Å². The van der Waals surface area contributed by atoms with E-state index in [-0.39, 0.29) is 23.4 Å². The number of carbonyl (C=O) groups excluding carboxylic acids is 1. The number of rotatable bonds is 5. The van der Waals surface area contributed by atoms with Crippen molar-refractivity contribution in [2.24, 2.45) is 5.92 Å². The minimum Gasteiger partial charge on any atom is -0.495 e. The first-order valence-electron chi connectivity index (χ1n) is 11.3. The number of nitrogens with one attached hydrogen (secondary N) is 1. The highest BCUT2D eigenvalue weighted by atomic mass is 35.5. The van der Waals surface area contributed by atoms with Crippen LogP contribution < -0.4 is 15.6 Å². The van der Waals surface area contributed by atoms with Gasteiger partial charge in [-0.25, -0.2) is 0 Å². The van der Waals surface area contributed by atoms with Crippen molar-refractivity contribution in [2.45, 2.75) is 38.6 Å². The number of benzene rings is 1. The largest absolute Gasteiger partial charge is 0.495 e. The van der Waals surface area contributed by atoms with E-state index in [1.807, 2.05) is 16.7 Å². The summed E-state index contributed by atoms with van der Waals surface area (Å²) >= 11 is 6.54. The summed E-state index contributed by atoms with van der Waals surface area (Å²) < 4.78 is 12.4. The number of pyridine rings is 2. The van der Waals surface area contributed by atoms with E-state index < -0.39 is 0 Å². The molecule has 2 atom stereocenters. The number of aryl methyl sites for hydroxylation is 1. The molecule has 5 rings (SSSR count). The Morgan fingerprint density at radius 2 is 2.15 bits per heavy atom.